The lowest BCUT2D eigenvalue weighted by Gasteiger charge is -2.63. The topological polar surface area (TPSA) is 185 Å². The van der Waals surface area contributed by atoms with E-state index < -0.39 is 44.3 Å². The van der Waals surface area contributed by atoms with Crippen LogP contribution in [0.5, 0.6) is 5.75 Å². The van der Waals surface area contributed by atoms with Crippen LogP contribution in [-0.4, -0.2) is 83.6 Å². The van der Waals surface area contributed by atoms with Gasteiger partial charge in [0.15, 0.2) is 6.10 Å². The molecule has 7 rings (SSSR count). The van der Waals surface area contributed by atoms with Crippen molar-refractivity contribution in [3.05, 3.63) is 53.6 Å². The van der Waals surface area contributed by atoms with Crippen LogP contribution in [0.25, 0.3) is 0 Å². The molecule has 2 aliphatic heterocycles. The van der Waals surface area contributed by atoms with E-state index >= 15 is 0 Å². The van der Waals surface area contributed by atoms with Crippen molar-refractivity contribution in [2.24, 2.45) is 33.4 Å². The number of likely N-dealkylation sites (N-methyl/N-ethyl adjacent to an activating group) is 1. The molecule has 4 aliphatic carbocycles. The van der Waals surface area contributed by atoms with Crippen LogP contribution in [0.15, 0.2) is 42.0 Å². The van der Waals surface area contributed by atoms with Gasteiger partial charge in [-0.2, -0.15) is 5.10 Å². The average Bonchev–Trinajstić information content (AvgIpc) is 3.44. The minimum atomic E-state index is -4.33. The number of amides is 1. The van der Waals surface area contributed by atoms with Crippen molar-refractivity contribution in [3.8, 4) is 5.75 Å². The van der Waals surface area contributed by atoms with Gasteiger partial charge in [0.05, 0.1) is 47.0 Å². The summed E-state index contributed by atoms with van der Waals surface area (Å²) in [5.74, 6) is 5.33. The number of hydrogen-bond donors (Lipinski definition) is 3. The lowest BCUT2D eigenvalue weighted by atomic mass is 9.50. The Kier molecular flexibility index (Phi) is 6.43. The number of aliphatic hydroxyl groups is 1. The summed E-state index contributed by atoms with van der Waals surface area (Å²) in [5, 5.41) is 16.1. The first-order valence-electron chi connectivity index (χ1n) is 14.8. The first kappa shape index (κ1) is 30.0. The smallest absolute Gasteiger partial charge is 0.252 e. The molecule has 1 aromatic rings. The Morgan fingerprint density at radius 1 is 1.30 bits per heavy atom. The highest BCUT2D eigenvalue weighted by atomic mass is 32.2. The van der Waals surface area contributed by atoms with E-state index in [0.29, 0.717) is 47.2 Å². The molecule has 3 fully saturated rings. The molecule has 7 atom stereocenters. The van der Waals surface area contributed by atoms with E-state index in [1.54, 1.807) is 12.1 Å². The molecular formula is C31H40N4O7S. The summed E-state index contributed by atoms with van der Waals surface area (Å²) in [5.41, 5.74) is 5.45. The number of rotatable bonds is 5. The van der Waals surface area contributed by atoms with Crippen LogP contribution in [0.4, 0.5) is 0 Å². The van der Waals surface area contributed by atoms with Gasteiger partial charge in [-0.1, -0.05) is 26.5 Å². The highest BCUT2D eigenvalue weighted by molar-refractivity contribution is 7.85. The van der Waals surface area contributed by atoms with Gasteiger partial charge in [-0.25, -0.2) is 8.42 Å². The van der Waals surface area contributed by atoms with Crippen LogP contribution in [0.1, 0.15) is 61.0 Å². The van der Waals surface area contributed by atoms with Crippen molar-refractivity contribution in [1.82, 2.24) is 0 Å². The minimum absolute atomic E-state index is 0.0248. The van der Waals surface area contributed by atoms with Gasteiger partial charge >= 0.3 is 0 Å². The number of ether oxygens (including phenoxy) is 1. The summed E-state index contributed by atoms with van der Waals surface area (Å²) in [6, 6.07) is 3.62. The zero-order valence-electron chi connectivity index (χ0n) is 24.8. The second-order valence-electron chi connectivity index (χ2n) is 14.0. The van der Waals surface area contributed by atoms with Gasteiger partial charge in [0, 0.05) is 30.2 Å². The van der Waals surface area contributed by atoms with E-state index in [1.807, 2.05) is 32.1 Å². The maximum absolute atomic E-state index is 12.2. The summed E-state index contributed by atoms with van der Waals surface area (Å²) in [6.45, 7) is 9.38. The second-order valence-corrected chi connectivity index (χ2v) is 15.4. The van der Waals surface area contributed by atoms with Crippen LogP contribution < -0.4 is 16.3 Å². The third-order valence-electron chi connectivity index (χ3n) is 12.1. The lowest BCUT2D eigenvalue weighted by molar-refractivity contribution is -0.942. The number of quaternary nitrogens is 1. The molecule has 1 amide bonds. The molecule has 2 unspecified atom stereocenters. The zero-order valence-corrected chi connectivity index (χ0v) is 25.7. The molecule has 1 aromatic carbocycles. The predicted molar refractivity (Wildman–Crippen MR) is 158 cm³/mol. The van der Waals surface area contributed by atoms with Gasteiger partial charge in [-0.05, 0) is 54.0 Å². The maximum atomic E-state index is 12.2. The molecule has 1 spiro atoms. The fourth-order valence-electron chi connectivity index (χ4n) is 9.67. The predicted octanol–water partition coefficient (Wildman–Crippen LogP) is 1.29. The third kappa shape index (κ3) is 3.76. The summed E-state index contributed by atoms with van der Waals surface area (Å²) in [7, 11) is -2.15. The Hall–Kier alpha value is -3.06. The van der Waals surface area contributed by atoms with Crippen LogP contribution in [-0.2, 0) is 26.7 Å². The van der Waals surface area contributed by atoms with Crippen molar-refractivity contribution >= 4 is 27.5 Å². The van der Waals surface area contributed by atoms with E-state index in [1.165, 1.54) is 0 Å². The van der Waals surface area contributed by atoms with E-state index in [4.69, 9.17) is 16.3 Å². The Balaban J connectivity index is 0.000000185. The number of carbonyl (C=O) groups excluding carboxylic acids is 2. The van der Waals surface area contributed by atoms with Crippen molar-refractivity contribution in [2.75, 3.05) is 25.9 Å². The summed E-state index contributed by atoms with van der Waals surface area (Å²) in [6.07, 6.45) is 8.22. The number of benzene rings is 1. The minimum Gasteiger partial charge on any atom is -0.748 e. The molecule has 6 aliphatic rings. The Morgan fingerprint density at radius 3 is 2.58 bits per heavy atom. The number of hydrogen-bond acceptors (Lipinski definition) is 9. The van der Waals surface area contributed by atoms with Crippen molar-refractivity contribution in [3.63, 3.8) is 0 Å². The standard InChI is InChI=1S/C21H24N4O3.C10H16O4S/c1-3-9-25(2)10-8-20-16-12-4-5-13(19(22)26)17(16)28-18(20)14(24-23)6-7-21(20,27)15(25)11-12;1-9(2)7-3-4-10(9,8(11)5-7)6-15(12,13)14/h3-7,15,18,27H,1,8-11,23H2,2H3,(H-,22,26);7H,3-6H2,1-2H3,(H,12,13,14)/b24-14-;/t15-,18?,20+,21-,25?;7-,10-/m10/s1. The van der Waals surface area contributed by atoms with Crippen LogP contribution in [0.3, 0.4) is 0 Å². The first-order chi connectivity index (χ1) is 20.0. The van der Waals surface area contributed by atoms with Gasteiger partial charge < -0.3 is 30.5 Å². The number of likely N-dealkylation sites (tertiary alicyclic amines) is 1. The number of primary amides is 1. The number of nitrogens with two attached hydrogens (primary N) is 2. The number of nitrogens with zero attached hydrogens (tertiary/aromatic N) is 2. The van der Waals surface area contributed by atoms with Gasteiger partial charge in [-0.3, -0.25) is 9.59 Å². The number of piperidine rings is 1. The molecule has 2 saturated carbocycles. The normalized spacial score (nSPS) is 40.0. The molecule has 4 bridgehead atoms. The highest BCUT2D eigenvalue weighted by Crippen LogP contribution is 2.65. The summed E-state index contributed by atoms with van der Waals surface area (Å²) in [4.78, 5) is 23.9. The average molecular weight is 613 g/mol. The lowest BCUT2D eigenvalue weighted by Crippen LogP contribution is -2.79. The molecule has 12 heteroatoms. The van der Waals surface area contributed by atoms with Gasteiger partial charge in [0.25, 0.3) is 5.91 Å². The van der Waals surface area contributed by atoms with Crippen LogP contribution >= 0.6 is 0 Å². The molecule has 11 nitrogen and oxygen atoms in total. The van der Waals surface area contributed by atoms with Crippen LogP contribution in [0, 0.1) is 16.7 Å². The van der Waals surface area contributed by atoms with E-state index in [9.17, 15) is 27.7 Å². The molecule has 1 saturated heterocycles. The van der Waals surface area contributed by atoms with E-state index in [-0.39, 0.29) is 23.2 Å². The highest BCUT2D eigenvalue weighted by Gasteiger charge is 2.75. The van der Waals surface area contributed by atoms with Crippen molar-refractivity contribution in [2.45, 2.75) is 69.1 Å². The molecule has 2 heterocycles. The zero-order chi connectivity index (χ0) is 31.4. The Morgan fingerprint density at radius 2 is 2.02 bits per heavy atom. The third-order valence-corrected chi connectivity index (χ3v) is 12.9. The summed E-state index contributed by atoms with van der Waals surface area (Å²) >= 11 is 0. The fraction of sp³-hybridized carbons (Fsp3) is 0.581. The van der Waals surface area contributed by atoms with Crippen molar-refractivity contribution in [1.29, 1.82) is 0 Å². The van der Waals surface area contributed by atoms with Gasteiger partial charge in [-0.15, -0.1) is 0 Å². The molecule has 43 heavy (non-hydrogen) atoms. The van der Waals surface area contributed by atoms with Gasteiger partial charge in [0.1, 0.15) is 28.9 Å². The van der Waals surface area contributed by atoms with E-state index in [2.05, 4.69) is 18.7 Å². The second kappa shape index (κ2) is 9.23. The molecule has 0 aromatic heterocycles. The fourth-order valence-corrected chi connectivity index (χ4v) is 10.9. The van der Waals surface area contributed by atoms with Crippen molar-refractivity contribution < 1.29 is 36.9 Å². The molecule has 0 radical (unpaired) electrons. The maximum Gasteiger partial charge on any atom is 0.252 e. The number of hydrazone groups is 1. The Bertz CT molecular complexity index is 1620. The Labute approximate surface area is 252 Å². The SMILES string of the molecule is C=CC[N+]1(C)CC[C@]23c4c5ccc(C(N)=O)c4OC2/C(=N\N)C=C[C@@]3(O)[C@H]1C5.CC1(C)[C@H]2CC[C@]1(CS(=O)(=O)[O-])C(=O)C2. The number of ketones is 1. The van der Waals surface area contributed by atoms with Gasteiger partial charge in [0.2, 0.25) is 0 Å². The van der Waals surface area contributed by atoms with Crippen LogP contribution in [0.2, 0.25) is 0 Å². The monoisotopic (exact) mass is 612 g/mol. The quantitative estimate of drug-likeness (QED) is 0.146. The molecule has 5 N–H and O–H groups in total. The summed E-state index contributed by atoms with van der Waals surface area (Å²) < 4.78 is 39.7. The molecule has 232 valence electrons. The van der Waals surface area contributed by atoms with E-state index in [0.717, 1.165) is 30.6 Å². The number of carbonyl (C=O) groups is 2. The number of Topliss-reactive ketones (excluding diaryl/α,β-unsaturated/α-hetero) is 1. The largest absolute Gasteiger partial charge is 0.748 e. The molecular weight excluding hydrogens is 572 g/mol. The first-order valence-corrected chi connectivity index (χ1v) is 16.3. The number of fused-ring (bicyclic) bond motifs is 2.